The van der Waals surface area contributed by atoms with Crippen molar-refractivity contribution in [3.63, 3.8) is 0 Å². The Labute approximate surface area is 199 Å². The number of anilines is 1. The number of likely N-dealkylation sites (tertiary alicyclic amines) is 2. The molecule has 2 aliphatic rings. The zero-order valence-corrected chi connectivity index (χ0v) is 19.6. The molecule has 3 aromatic heterocycles. The number of piperidine rings is 2. The molecule has 2 N–H and O–H groups in total. The number of rotatable bonds is 6. The molecule has 0 atom stereocenters. The molecule has 3 aromatic rings. The molecule has 10 nitrogen and oxygen atoms in total. The molecule has 2 aliphatic heterocycles. The highest BCUT2D eigenvalue weighted by molar-refractivity contribution is 5.79. The molecule has 0 bridgehead atoms. The molecule has 0 radical (unpaired) electrons. The van der Waals surface area contributed by atoms with Crippen molar-refractivity contribution in [3.8, 4) is 6.01 Å². The second-order valence-corrected chi connectivity index (χ2v) is 9.10. The van der Waals surface area contributed by atoms with Crippen LogP contribution >= 0.6 is 0 Å². The minimum atomic E-state index is 0.102. The maximum atomic E-state index is 13.2. The maximum Gasteiger partial charge on any atom is 0.298 e. The van der Waals surface area contributed by atoms with Crippen LogP contribution in [0, 0.1) is 5.92 Å². The predicted octanol–water partition coefficient (Wildman–Crippen LogP) is 2.28. The topological polar surface area (TPSA) is 115 Å². The Kier molecular flexibility index (Phi) is 6.57. The van der Waals surface area contributed by atoms with Crippen molar-refractivity contribution in [1.29, 1.82) is 0 Å². The molecule has 180 valence electrons. The monoisotopic (exact) mass is 464 g/mol. The van der Waals surface area contributed by atoms with E-state index in [-0.39, 0.29) is 12.0 Å². The third-order valence-electron chi connectivity index (χ3n) is 6.90. The quantitative estimate of drug-likeness (QED) is 0.591. The van der Waals surface area contributed by atoms with Crippen molar-refractivity contribution in [2.45, 2.75) is 45.2 Å². The first kappa shape index (κ1) is 22.5. The van der Waals surface area contributed by atoms with Gasteiger partial charge in [0.1, 0.15) is 5.52 Å². The van der Waals surface area contributed by atoms with E-state index in [0.717, 1.165) is 75.1 Å². The van der Waals surface area contributed by atoms with E-state index in [1.807, 2.05) is 19.1 Å². The van der Waals surface area contributed by atoms with Crippen molar-refractivity contribution in [2.24, 2.45) is 5.92 Å². The Morgan fingerprint density at radius 2 is 1.82 bits per heavy atom. The number of hydrogen-bond acceptors (Lipinski definition) is 8. The summed E-state index contributed by atoms with van der Waals surface area (Å²) in [6.07, 6.45) is 8.88. The average Bonchev–Trinajstić information content (AvgIpc) is 3.24. The molecule has 34 heavy (non-hydrogen) atoms. The number of carbonyl (C=O) groups excluding carboxylic acids is 1. The third-order valence-corrected chi connectivity index (χ3v) is 6.90. The molecular weight excluding hydrogens is 432 g/mol. The van der Waals surface area contributed by atoms with Crippen molar-refractivity contribution < 1.29 is 9.53 Å². The first-order chi connectivity index (χ1) is 16.6. The van der Waals surface area contributed by atoms with Crippen LogP contribution in [0.2, 0.25) is 0 Å². The summed E-state index contributed by atoms with van der Waals surface area (Å²) in [5.74, 6) is 0.696. The van der Waals surface area contributed by atoms with Crippen molar-refractivity contribution in [1.82, 2.24) is 34.3 Å². The fourth-order valence-electron chi connectivity index (χ4n) is 5.11. The van der Waals surface area contributed by atoms with Crippen molar-refractivity contribution >= 4 is 23.0 Å². The lowest BCUT2D eigenvalue weighted by Crippen LogP contribution is -2.45. The van der Waals surface area contributed by atoms with E-state index in [9.17, 15) is 4.79 Å². The highest BCUT2D eigenvalue weighted by Crippen LogP contribution is 2.32. The maximum absolute atomic E-state index is 13.2. The Balaban J connectivity index is 1.16. The average molecular weight is 465 g/mol. The van der Waals surface area contributed by atoms with Crippen LogP contribution in [0.4, 0.5) is 5.95 Å². The van der Waals surface area contributed by atoms with Gasteiger partial charge in [0.05, 0.1) is 6.61 Å². The first-order valence-corrected chi connectivity index (χ1v) is 12.2. The summed E-state index contributed by atoms with van der Waals surface area (Å²) in [5, 5.41) is 0. The van der Waals surface area contributed by atoms with Gasteiger partial charge in [0.25, 0.3) is 6.01 Å². The minimum Gasteiger partial charge on any atom is -0.465 e. The second-order valence-electron chi connectivity index (χ2n) is 9.10. The van der Waals surface area contributed by atoms with Gasteiger partial charge in [-0.05, 0) is 57.8 Å². The molecule has 10 heteroatoms. The van der Waals surface area contributed by atoms with E-state index < -0.39 is 0 Å². The summed E-state index contributed by atoms with van der Waals surface area (Å²) < 4.78 is 7.94. The third kappa shape index (κ3) is 4.68. The van der Waals surface area contributed by atoms with E-state index >= 15 is 0 Å². The summed E-state index contributed by atoms with van der Waals surface area (Å²) in [5.41, 5.74) is 8.33. The fraction of sp³-hybridized carbons (Fsp3) is 0.542. The number of aromatic nitrogens is 5. The molecule has 0 unspecified atom stereocenters. The number of ether oxygens (including phenoxy) is 1. The van der Waals surface area contributed by atoms with Gasteiger partial charge in [0.15, 0.2) is 5.65 Å². The lowest BCUT2D eigenvalue weighted by molar-refractivity contribution is -0.138. The zero-order valence-electron chi connectivity index (χ0n) is 19.6. The minimum absolute atomic E-state index is 0.102. The molecule has 0 aliphatic carbocycles. The Morgan fingerprint density at radius 1 is 1.09 bits per heavy atom. The molecule has 5 heterocycles. The number of imidazole rings is 1. The number of nitrogens with two attached hydrogens (primary N) is 1. The van der Waals surface area contributed by atoms with Crippen molar-refractivity contribution in [3.05, 3.63) is 36.3 Å². The zero-order chi connectivity index (χ0) is 23.5. The number of carbonyl (C=O) groups is 1. The summed E-state index contributed by atoms with van der Waals surface area (Å²) in [7, 11) is 0. The van der Waals surface area contributed by atoms with E-state index in [2.05, 4.69) is 34.3 Å². The van der Waals surface area contributed by atoms with Crippen LogP contribution in [-0.2, 0) is 11.3 Å². The normalized spacial score (nSPS) is 18.4. The molecule has 0 spiro atoms. The molecule has 0 aromatic carbocycles. The van der Waals surface area contributed by atoms with Gasteiger partial charge in [0, 0.05) is 55.7 Å². The summed E-state index contributed by atoms with van der Waals surface area (Å²) in [4.78, 5) is 35.0. The smallest absolute Gasteiger partial charge is 0.298 e. The largest absolute Gasteiger partial charge is 0.465 e. The predicted molar refractivity (Wildman–Crippen MR) is 128 cm³/mol. The molecular formula is C24H32N8O2. The molecule has 2 fully saturated rings. The van der Waals surface area contributed by atoms with Crippen LogP contribution in [0.1, 0.15) is 44.2 Å². The molecule has 0 saturated carbocycles. The fourth-order valence-corrected chi connectivity index (χ4v) is 5.11. The second kappa shape index (κ2) is 9.92. The Morgan fingerprint density at radius 3 is 2.53 bits per heavy atom. The number of hydrogen-bond donors (Lipinski definition) is 1. The van der Waals surface area contributed by atoms with E-state index in [0.29, 0.717) is 24.5 Å². The van der Waals surface area contributed by atoms with E-state index in [1.165, 1.54) is 0 Å². The van der Waals surface area contributed by atoms with Gasteiger partial charge >= 0.3 is 0 Å². The SMILES string of the molecule is CCOc1nc2cccnc2n1C1CCN(C(=O)C2CCN(Cc3cnc(N)nc3)CC2)CC1. The van der Waals surface area contributed by atoms with Crippen LogP contribution in [0.3, 0.4) is 0 Å². The van der Waals surface area contributed by atoms with Crippen LogP contribution < -0.4 is 10.5 Å². The summed E-state index contributed by atoms with van der Waals surface area (Å²) in [6.45, 7) is 6.64. The van der Waals surface area contributed by atoms with E-state index in [1.54, 1.807) is 18.6 Å². The number of nitrogens with zero attached hydrogens (tertiary/aromatic N) is 7. The van der Waals surface area contributed by atoms with Gasteiger partial charge in [-0.25, -0.2) is 15.0 Å². The number of pyridine rings is 1. The highest BCUT2D eigenvalue weighted by Gasteiger charge is 2.32. The van der Waals surface area contributed by atoms with Crippen LogP contribution in [-0.4, -0.2) is 73.0 Å². The van der Waals surface area contributed by atoms with Gasteiger partial charge in [-0.3, -0.25) is 14.3 Å². The first-order valence-electron chi connectivity index (χ1n) is 12.2. The van der Waals surface area contributed by atoms with Gasteiger partial charge in [-0.15, -0.1) is 0 Å². The Hall–Kier alpha value is -3.27. The van der Waals surface area contributed by atoms with Crippen LogP contribution in [0.15, 0.2) is 30.7 Å². The molecule has 2 saturated heterocycles. The van der Waals surface area contributed by atoms with Crippen molar-refractivity contribution in [2.75, 3.05) is 38.5 Å². The standard InChI is InChI=1S/C24H32N8O2/c1-2-34-24-29-20-4-3-9-26-21(20)32(24)19-7-12-31(13-8-19)22(33)18-5-10-30(11-6-18)16-17-14-27-23(25)28-15-17/h3-4,9,14-15,18-19H,2,5-8,10-13,16H2,1H3,(H2,25,27,28). The number of amides is 1. The van der Waals surface area contributed by atoms with E-state index in [4.69, 9.17) is 10.5 Å². The van der Waals surface area contributed by atoms with Gasteiger partial charge in [0.2, 0.25) is 11.9 Å². The summed E-state index contributed by atoms with van der Waals surface area (Å²) >= 11 is 0. The van der Waals surface area contributed by atoms with Gasteiger partial charge in [-0.2, -0.15) is 4.98 Å². The van der Waals surface area contributed by atoms with Crippen LogP contribution in [0.5, 0.6) is 6.01 Å². The van der Waals surface area contributed by atoms with Gasteiger partial charge < -0.3 is 15.4 Å². The lowest BCUT2D eigenvalue weighted by atomic mass is 9.93. The highest BCUT2D eigenvalue weighted by atomic mass is 16.5. The number of fused-ring (bicyclic) bond motifs is 1. The van der Waals surface area contributed by atoms with Crippen LogP contribution in [0.25, 0.3) is 11.2 Å². The number of nitrogen functional groups attached to an aromatic ring is 1. The molecule has 1 amide bonds. The van der Waals surface area contributed by atoms with Gasteiger partial charge in [-0.1, -0.05) is 0 Å². The lowest BCUT2D eigenvalue weighted by Gasteiger charge is -2.37. The molecule has 5 rings (SSSR count). The Bertz CT molecular complexity index is 1120. The summed E-state index contributed by atoms with van der Waals surface area (Å²) in [6, 6.07) is 4.72.